The normalized spacial score (nSPS) is 21.8. The molecule has 2 unspecified atom stereocenters. The third-order valence-electron chi connectivity index (χ3n) is 4.01. The molecule has 1 saturated heterocycles. The summed E-state index contributed by atoms with van der Waals surface area (Å²) < 4.78 is 5.59. The van der Waals surface area contributed by atoms with Gasteiger partial charge in [0.05, 0.1) is 6.04 Å². The SMILES string of the molecule is CCN(CC)C(=O)C1OCC(=O)N(C)C1c1ccc(Cl)cc1. The van der Waals surface area contributed by atoms with Crippen molar-refractivity contribution in [2.24, 2.45) is 0 Å². The van der Waals surface area contributed by atoms with Crippen LogP contribution in [0.1, 0.15) is 25.5 Å². The van der Waals surface area contributed by atoms with Crippen molar-refractivity contribution in [2.75, 3.05) is 26.7 Å². The van der Waals surface area contributed by atoms with Crippen molar-refractivity contribution in [3.8, 4) is 0 Å². The summed E-state index contributed by atoms with van der Waals surface area (Å²) in [5.41, 5.74) is 0.838. The third kappa shape index (κ3) is 3.25. The van der Waals surface area contributed by atoms with Gasteiger partial charge < -0.3 is 14.5 Å². The largest absolute Gasteiger partial charge is 0.356 e. The zero-order chi connectivity index (χ0) is 16.3. The van der Waals surface area contributed by atoms with Crippen molar-refractivity contribution in [1.82, 2.24) is 9.80 Å². The van der Waals surface area contributed by atoms with E-state index in [0.717, 1.165) is 5.56 Å². The van der Waals surface area contributed by atoms with Gasteiger partial charge in [0.1, 0.15) is 6.61 Å². The second-order valence-electron chi connectivity index (χ2n) is 5.24. The number of hydrogen-bond donors (Lipinski definition) is 0. The molecule has 2 amide bonds. The zero-order valence-electron chi connectivity index (χ0n) is 13.1. The standard InChI is InChI=1S/C16H21ClN2O3/c1-4-19(5-2)16(21)15-14(18(3)13(20)10-22-15)11-6-8-12(17)9-7-11/h6-9,14-15H,4-5,10H2,1-3H3. The summed E-state index contributed by atoms with van der Waals surface area (Å²) in [4.78, 5) is 28.0. The van der Waals surface area contributed by atoms with Crippen LogP contribution in [0, 0.1) is 0 Å². The minimum Gasteiger partial charge on any atom is -0.356 e. The summed E-state index contributed by atoms with van der Waals surface area (Å²) in [5.74, 6) is -0.229. The van der Waals surface area contributed by atoms with Gasteiger partial charge in [0, 0.05) is 25.2 Å². The Morgan fingerprint density at radius 3 is 2.45 bits per heavy atom. The predicted octanol–water partition coefficient (Wildman–Crippen LogP) is 2.11. The summed E-state index contributed by atoms with van der Waals surface area (Å²) in [6, 6.07) is 6.72. The fourth-order valence-corrected chi connectivity index (χ4v) is 2.82. The number of halogens is 1. The number of nitrogens with zero attached hydrogens (tertiary/aromatic N) is 2. The molecule has 0 spiro atoms. The molecule has 1 fully saturated rings. The van der Waals surface area contributed by atoms with Gasteiger partial charge in [-0.2, -0.15) is 0 Å². The lowest BCUT2D eigenvalue weighted by molar-refractivity contribution is -0.167. The first-order valence-electron chi connectivity index (χ1n) is 7.41. The number of amides is 2. The number of hydrogen-bond acceptors (Lipinski definition) is 3. The smallest absolute Gasteiger partial charge is 0.254 e. The van der Waals surface area contributed by atoms with E-state index in [9.17, 15) is 9.59 Å². The van der Waals surface area contributed by atoms with Crippen LogP contribution >= 0.6 is 11.6 Å². The number of carbonyl (C=O) groups excluding carboxylic acids is 2. The average molecular weight is 325 g/mol. The molecular formula is C16H21ClN2O3. The summed E-state index contributed by atoms with van der Waals surface area (Å²) in [6.07, 6.45) is -0.691. The van der Waals surface area contributed by atoms with Crippen LogP contribution in [0.25, 0.3) is 0 Å². The maximum atomic E-state index is 12.7. The molecular weight excluding hydrogens is 304 g/mol. The number of benzene rings is 1. The lowest BCUT2D eigenvalue weighted by atomic mass is 9.97. The highest BCUT2D eigenvalue weighted by atomic mass is 35.5. The van der Waals surface area contributed by atoms with Crippen molar-refractivity contribution >= 4 is 23.4 Å². The van der Waals surface area contributed by atoms with E-state index in [2.05, 4.69) is 0 Å². The summed E-state index contributed by atoms with van der Waals surface area (Å²) in [7, 11) is 1.70. The molecule has 0 aromatic heterocycles. The van der Waals surface area contributed by atoms with Crippen LogP contribution in [0.15, 0.2) is 24.3 Å². The molecule has 5 nitrogen and oxygen atoms in total. The molecule has 0 bridgehead atoms. The molecule has 0 aliphatic carbocycles. The molecule has 0 radical (unpaired) electrons. The Morgan fingerprint density at radius 2 is 1.91 bits per heavy atom. The first-order chi connectivity index (χ1) is 10.5. The van der Waals surface area contributed by atoms with E-state index in [1.54, 1.807) is 29.0 Å². The highest BCUT2D eigenvalue weighted by Gasteiger charge is 2.41. The van der Waals surface area contributed by atoms with Gasteiger partial charge in [-0.05, 0) is 31.5 Å². The first-order valence-corrected chi connectivity index (χ1v) is 7.78. The van der Waals surface area contributed by atoms with Gasteiger partial charge in [0.25, 0.3) is 5.91 Å². The molecule has 0 saturated carbocycles. The maximum absolute atomic E-state index is 12.7. The van der Waals surface area contributed by atoms with Gasteiger partial charge in [-0.3, -0.25) is 9.59 Å². The first kappa shape index (κ1) is 16.8. The fraction of sp³-hybridized carbons (Fsp3) is 0.500. The Balaban J connectivity index is 2.35. The quantitative estimate of drug-likeness (QED) is 0.852. The summed E-state index contributed by atoms with van der Waals surface area (Å²) in [6.45, 7) is 5.01. The van der Waals surface area contributed by atoms with Crippen LogP contribution in [-0.4, -0.2) is 54.5 Å². The maximum Gasteiger partial charge on any atom is 0.254 e. The van der Waals surface area contributed by atoms with E-state index >= 15 is 0 Å². The number of morpholine rings is 1. The molecule has 1 aromatic carbocycles. The fourth-order valence-electron chi connectivity index (χ4n) is 2.69. The lowest BCUT2D eigenvalue weighted by Crippen LogP contribution is -2.53. The van der Waals surface area contributed by atoms with Gasteiger partial charge in [-0.25, -0.2) is 0 Å². The summed E-state index contributed by atoms with van der Waals surface area (Å²) in [5, 5.41) is 0.612. The minimum atomic E-state index is -0.691. The second kappa shape index (κ2) is 7.11. The average Bonchev–Trinajstić information content (AvgIpc) is 2.52. The minimum absolute atomic E-state index is 0.0712. The second-order valence-corrected chi connectivity index (χ2v) is 5.68. The Morgan fingerprint density at radius 1 is 1.32 bits per heavy atom. The lowest BCUT2D eigenvalue weighted by Gasteiger charge is -2.40. The van der Waals surface area contributed by atoms with E-state index in [1.807, 2.05) is 26.0 Å². The van der Waals surface area contributed by atoms with Gasteiger partial charge in [0.2, 0.25) is 5.91 Å². The predicted molar refractivity (Wildman–Crippen MR) is 84.6 cm³/mol. The number of rotatable bonds is 4. The van der Waals surface area contributed by atoms with E-state index in [4.69, 9.17) is 16.3 Å². The highest BCUT2D eigenvalue weighted by molar-refractivity contribution is 6.30. The molecule has 0 N–H and O–H groups in total. The molecule has 120 valence electrons. The summed E-state index contributed by atoms with van der Waals surface area (Å²) >= 11 is 5.92. The Kier molecular flexibility index (Phi) is 5.42. The van der Waals surface area contributed by atoms with E-state index in [1.165, 1.54) is 0 Å². The van der Waals surface area contributed by atoms with E-state index in [-0.39, 0.29) is 18.4 Å². The van der Waals surface area contributed by atoms with Crippen molar-refractivity contribution < 1.29 is 14.3 Å². The van der Waals surface area contributed by atoms with Gasteiger partial charge in [0.15, 0.2) is 6.10 Å². The molecule has 1 aliphatic heterocycles. The zero-order valence-corrected chi connectivity index (χ0v) is 13.8. The van der Waals surface area contributed by atoms with Crippen LogP contribution < -0.4 is 0 Å². The number of carbonyl (C=O) groups is 2. The van der Waals surface area contributed by atoms with E-state index in [0.29, 0.717) is 18.1 Å². The number of likely N-dealkylation sites (N-methyl/N-ethyl adjacent to an activating group) is 2. The Bertz CT molecular complexity index is 543. The molecule has 1 aliphatic rings. The van der Waals surface area contributed by atoms with Gasteiger partial charge >= 0.3 is 0 Å². The van der Waals surface area contributed by atoms with Crippen molar-refractivity contribution in [2.45, 2.75) is 26.0 Å². The van der Waals surface area contributed by atoms with Crippen LogP contribution in [-0.2, 0) is 14.3 Å². The van der Waals surface area contributed by atoms with Crippen LogP contribution in [0.2, 0.25) is 5.02 Å². The van der Waals surface area contributed by atoms with Gasteiger partial charge in [-0.1, -0.05) is 23.7 Å². The Hall–Kier alpha value is -1.59. The Labute approximate surface area is 135 Å². The molecule has 1 heterocycles. The van der Waals surface area contributed by atoms with Gasteiger partial charge in [-0.15, -0.1) is 0 Å². The topological polar surface area (TPSA) is 49.9 Å². The monoisotopic (exact) mass is 324 g/mol. The number of ether oxygens (including phenoxy) is 1. The third-order valence-corrected chi connectivity index (χ3v) is 4.27. The van der Waals surface area contributed by atoms with Crippen molar-refractivity contribution in [3.05, 3.63) is 34.9 Å². The van der Waals surface area contributed by atoms with E-state index < -0.39 is 12.1 Å². The molecule has 1 aromatic rings. The molecule has 2 rings (SSSR count). The van der Waals surface area contributed by atoms with Crippen molar-refractivity contribution in [3.63, 3.8) is 0 Å². The van der Waals surface area contributed by atoms with Crippen LogP contribution in [0.4, 0.5) is 0 Å². The van der Waals surface area contributed by atoms with Crippen molar-refractivity contribution in [1.29, 1.82) is 0 Å². The molecule has 6 heteroatoms. The van der Waals surface area contributed by atoms with Crippen LogP contribution in [0.5, 0.6) is 0 Å². The molecule has 22 heavy (non-hydrogen) atoms. The highest BCUT2D eigenvalue weighted by Crippen LogP contribution is 2.30. The van der Waals surface area contributed by atoms with Crippen LogP contribution in [0.3, 0.4) is 0 Å². The molecule has 2 atom stereocenters.